The molecule has 0 aromatic heterocycles. The highest BCUT2D eigenvalue weighted by molar-refractivity contribution is 6.31. The number of carbonyl (C=O) groups is 3. The third-order valence-electron chi connectivity index (χ3n) is 6.00. The summed E-state index contributed by atoms with van der Waals surface area (Å²) < 4.78 is 41.0. The largest absolute Gasteiger partial charge is 0.351 e. The molecular formula is C24H23ClF3N3O3. The number of rotatable bonds is 6. The molecule has 10 heteroatoms. The Balaban J connectivity index is 1.77. The van der Waals surface area contributed by atoms with Crippen molar-refractivity contribution < 1.29 is 27.6 Å². The third kappa shape index (κ3) is 5.19. The summed E-state index contributed by atoms with van der Waals surface area (Å²) >= 11 is 6.39. The van der Waals surface area contributed by atoms with E-state index in [2.05, 4.69) is 10.6 Å². The Bertz CT molecular complexity index is 1110. The minimum Gasteiger partial charge on any atom is -0.351 e. The molecule has 2 fully saturated rings. The summed E-state index contributed by atoms with van der Waals surface area (Å²) in [5.41, 5.74) is 0.316. The van der Waals surface area contributed by atoms with Crippen LogP contribution < -0.4 is 15.5 Å². The van der Waals surface area contributed by atoms with Crippen LogP contribution in [0.4, 0.5) is 18.9 Å². The fourth-order valence-corrected chi connectivity index (χ4v) is 4.56. The van der Waals surface area contributed by atoms with E-state index in [1.807, 2.05) is 0 Å². The molecule has 0 bridgehead atoms. The highest BCUT2D eigenvalue weighted by Gasteiger charge is 2.47. The summed E-state index contributed by atoms with van der Waals surface area (Å²) in [6.45, 7) is 0. The van der Waals surface area contributed by atoms with Gasteiger partial charge in [-0.05, 0) is 37.1 Å². The molecule has 1 saturated carbocycles. The fourth-order valence-electron chi connectivity index (χ4n) is 4.33. The number of nitrogens with zero attached hydrogens (tertiary/aromatic N) is 1. The molecule has 1 saturated heterocycles. The summed E-state index contributed by atoms with van der Waals surface area (Å²) in [6.07, 6.45) is 0.0522. The van der Waals surface area contributed by atoms with Gasteiger partial charge in [-0.1, -0.05) is 35.9 Å². The van der Waals surface area contributed by atoms with Crippen molar-refractivity contribution in [1.29, 1.82) is 0 Å². The zero-order chi connectivity index (χ0) is 24.5. The molecule has 6 nitrogen and oxygen atoms in total. The molecule has 0 spiro atoms. The van der Waals surface area contributed by atoms with Gasteiger partial charge in [-0.3, -0.25) is 19.3 Å². The standard InChI is InChI=1S/C24H23ClF3N3O3/c25-18-8-2-1-7-17(18)21(22(33)29-15-12-24(27,28)13-15)31(16-6-3-5-14(26)11-16)23(34)19-9-4-10-20(32)30-19/h1-3,5-8,11,15,19,21H,4,9-10,12-13H2,(H,29,33)(H,30,32)/t19?,21-/m0/s1. The molecule has 2 N–H and O–H groups in total. The summed E-state index contributed by atoms with van der Waals surface area (Å²) in [6, 6.07) is 8.38. The van der Waals surface area contributed by atoms with Crippen LogP contribution in [0.2, 0.25) is 5.02 Å². The van der Waals surface area contributed by atoms with Gasteiger partial charge in [0.15, 0.2) is 0 Å². The van der Waals surface area contributed by atoms with Crippen LogP contribution in [-0.4, -0.2) is 35.7 Å². The van der Waals surface area contributed by atoms with Crippen molar-refractivity contribution in [1.82, 2.24) is 10.6 Å². The molecule has 0 radical (unpaired) electrons. The molecule has 2 aliphatic rings. The Kier molecular flexibility index (Phi) is 6.84. The van der Waals surface area contributed by atoms with Gasteiger partial charge < -0.3 is 10.6 Å². The zero-order valence-corrected chi connectivity index (χ0v) is 18.8. The monoisotopic (exact) mass is 493 g/mol. The quantitative estimate of drug-likeness (QED) is 0.635. The lowest BCUT2D eigenvalue weighted by Gasteiger charge is -2.39. The molecule has 3 amide bonds. The van der Waals surface area contributed by atoms with E-state index in [0.29, 0.717) is 12.8 Å². The normalized spacial score (nSPS) is 20.6. The van der Waals surface area contributed by atoms with Gasteiger partial charge in [0, 0.05) is 41.6 Å². The average molecular weight is 494 g/mol. The maximum atomic E-state index is 14.2. The van der Waals surface area contributed by atoms with Crippen LogP contribution in [0.25, 0.3) is 0 Å². The molecule has 180 valence electrons. The van der Waals surface area contributed by atoms with Crippen molar-refractivity contribution in [2.24, 2.45) is 0 Å². The summed E-state index contributed by atoms with van der Waals surface area (Å²) in [4.78, 5) is 40.2. The van der Waals surface area contributed by atoms with Crippen molar-refractivity contribution in [2.45, 2.75) is 56.2 Å². The molecule has 4 rings (SSSR count). The van der Waals surface area contributed by atoms with E-state index in [4.69, 9.17) is 11.6 Å². The van der Waals surface area contributed by atoms with Crippen LogP contribution in [0.3, 0.4) is 0 Å². The molecular weight excluding hydrogens is 471 g/mol. The Labute approximate surface area is 199 Å². The lowest BCUT2D eigenvalue weighted by atomic mass is 9.87. The zero-order valence-electron chi connectivity index (χ0n) is 18.1. The van der Waals surface area contributed by atoms with Crippen molar-refractivity contribution in [3.63, 3.8) is 0 Å². The summed E-state index contributed by atoms with van der Waals surface area (Å²) in [7, 11) is 0. The number of hydrogen-bond donors (Lipinski definition) is 2. The van der Waals surface area contributed by atoms with E-state index in [1.165, 1.54) is 24.3 Å². The molecule has 2 aromatic carbocycles. The molecule has 1 aliphatic heterocycles. The van der Waals surface area contributed by atoms with E-state index in [0.717, 1.165) is 11.0 Å². The van der Waals surface area contributed by atoms with E-state index in [1.54, 1.807) is 18.2 Å². The van der Waals surface area contributed by atoms with Crippen LogP contribution in [0.1, 0.15) is 43.7 Å². The van der Waals surface area contributed by atoms with Crippen molar-refractivity contribution in [3.8, 4) is 0 Å². The molecule has 2 aromatic rings. The highest BCUT2D eigenvalue weighted by atomic mass is 35.5. The predicted octanol–water partition coefficient (Wildman–Crippen LogP) is 4.14. The highest BCUT2D eigenvalue weighted by Crippen LogP contribution is 2.39. The second-order valence-corrected chi connectivity index (χ2v) is 9.00. The van der Waals surface area contributed by atoms with Gasteiger partial charge in [0.05, 0.1) is 0 Å². The van der Waals surface area contributed by atoms with E-state index < -0.39 is 54.5 Å². The Morgan fingerprint density at radius 2 is 1.88 bits per heavy atom. The van der Waals surface area contributed by atoms with Gasteiger partial charge in [0.25, 0.3) is 11.8 Å². The van der Waals surface area contributed by atoms with Gasteiger partial charge in [0.1, 0.15) is 17.9 Å². The number of amides is 3. The van der Waals surface area contributed by atoms with Crippen molar-refractivity contribution in [3.05, 3.63) is 64.9 Å². The first-order valence-corrected chi connectivity index (χ1v) is 11.3. The summed E-state index contributed by atoms with van der Waals surface area (Å²) in [5.74, 6) is -5.16. The number of hydrogen-bond acceptors (Lipinski definition) is 3. The van der Waals surface area contributed by atoms with E-state index >= 15 is 0 Å². The van der Waals surface area contributed by atoms with Crippen LogP contribution in [-0.2, 0) is 14.4 Å². The van der Waals surface area contributed by atoms with Crippen LogP contribution in [0.5, 0.6) is 0 Å². The number of benzene rings is 2. The van der Waals surface area contributed by atoms with Gasteiger partial charge >= 0.3 is 0 Å². The Morgan fingerprint density at radius 3 is 2.53 bits per heavy atom. The minimum atomic E-state index is -2.86. The molecule has 1 heterocycles. The average Bonchev–Trinajstić information content (AvgIpc) is 2.76. The maximum Gasteiger partial charge on any atom is 0.252 e. The topological polar surface area (TPSA) is 78.5 Å². The maximum absolute atomic E-state index is 14.2. The lowest BCUT2D eigenvalue weighted by molar-refractivity contribution is -0.134. The number of carbonyl (C=O) groups excluding carboxylic acids is 3. The van der Waals surface area contributed by atoms with Gasteiger partial charge in [0.2, 0.25) is 11.8 Å². The van der Waals surface area contributed by atoms with Gasteiger partial charge in [-0.2, -0.15) is 0 Å². The SMILES string of the molecule is O=C1CCCC(C(=O)N(c2cccc(F)c2)[C@H](C(=O)NC2CC(F)(F)C2)c2ccccc2Cl)N1. The predicted molar refractivity (Wildman–Crippen MR) is 120 cm³/mol. The molecule has 1 unspecified atom stereocenters. The Hall–Kier alpha value is -3.07. The number of halogens is 4. The van der Waals surface area contributed by atoms with Gasteiger partial charge in [-0.25, -0.2) is 13.2 Å². The lowest BCUT2D eigenvalue weighted by Crippen LogP contribution is -2.57. The van der Waals surface area contributed by atoms with E-state index in [9.17, 15) is 27.6 Å². The van der Waals surface area contributed by atoms with Crippen molar-refractivity contribution >= 4 is 35.0 Å². The molecule has 1 aliphatic carbocycles. The number of anilines is 1. The first-order valence-electron chi connectivity index (χ1n) is 11.0. The second kappa shape index (κ2) is 9.66. The second-order valence-electron chi connectivity index (χ2n) is 8.59. The Morgan fingerprint density at radius 1 is 1.15 bits per heavy atom. The fraction of sp³-hybridized carbons (Fsp3) is 0.375. The minimum absolute atomic E-state index is 0.0730. The molecule has 2 atom stereocenters. The van der Waals surface area contributed by atoms with Crippen LogP contribution in [0.15, 0.2) is 48.5 Å². The summed E-state index contributed by atoms with van der Waals surface area (Å²) in [5, 5.41) is 5.37. The number of alkyl halides is 2. The molecule has 34 heavy (non-hydrogen) atoms. The smallest absolute Gasteiger partial charge is 0.252 e. The van der Waals surface area contributed by atoms with E-state index in [-0.39, 0.29) is 28.6 Å². The van der Waals surface area contributed by atoms with Crippen LogP contribution in [0, 0.1) is 5.82 Å². The van der Waals surface area contributed by atoms with Crippen LogP contribution >= 0.6 is 11.6 Å². The number of piperidine rings is 1. The van der Waals surface area contributed by atoms with Crippen molar-refractivity contribution in [2.75, 3.05) is 4.90 Å². The first kappa shape index (κ1) is 24.1. The third-order valence-corrected chi connectivity index (χ3v) is 6.34. The number of nitrogens with one attached hydrogen (secondary N) is 2. The first-order chi connectivity index (χ1) is 16.1. The van der Waals surface area contributed by atoms with Gasteiger partial charge in [-0.15, -0.1) is 0 Å².